The van der Waals surface area contributed by atoms with Crippen molar-refractivity contribution in [3.05, 3.63) is 70.9 Å². The van der Waals surface area contributed by atoms with Gasteiger partial charge in [0.25, 0.3) is 5.91 Å². The topological polar surface area (TPSA) is 76.3 Å². The zero-order valence-corrected chi connectivity index (χ0v) is 12.1. The summed E-state index contributed by atoms with van der Waals surface area (Å²) >= 11 is 0. The number of hydrogen-bond donors (Lipinski definition) is 2. The van der Waals surface area contributed by atoms with Crippen LogP contribution < -0.4 is 10.0 Å². The molecule has 5 nitrogen and oxygen atoms in total. The van der Waals surface area contributed by atoms with Crippen molar-refractivity contribution in [1.82, 2.24) is 5.32 Å². The van der Waals surface area contributed by atoms with E-state index >= 15 is 0 Å². The first-order valence-corrected chi connectivity index (χ1v) is 6.89. The molecule has 0 saturated heterocycles. The Morgan fingerprint density at radius 3 is 2.68 bits per heavy atom. The summed E-state index contributed by atoms with van der Waals surface area (Å²) in [6, 6.07) is 8.27. The van der Waals surface area contributed by atoms with E-state index in [0.717, 1.165) is 0 Å². The molecular weight excluding hydrogens is 287 g/mol. The normalized spacial score (nSPS) is 13.4. The Bertz CT molecular complexity index is 646. The van der Waals surface area contributed by atoms with Crippen LogP contribution in [0.1, 0.15) is 35.4 Å². The first-order valence-electron chi connectivity index (χ1n) is 6.89. The molecule has 2 rings (SSSR count). The summed E-state index contributed by atoms with van der Waals surface area (Å²) in [7, 11) is 0. The average molecular weight is 304 g/mol. The van der Waals surface area contributed by atoms with E-state index in [1.165, 1.54) is 48.8 Å². The Kier molecular flexibility index (Phi) is 5.06. The van der Waals surface area contributed by atoms with E-state index in [1.807, 2.05) is 0 Å². The third-order valence-corrected chi connectivity index (χ3v) is 3.25. The highest BCUT2D eigenvalue weighted by Gasteiger charge is 2.16. The standard InChI is InChI=1S/C16H17FN2O3/c1-11(9-15(20)12-4-6-14(17)7-5-12)18-16(21)13-3-2-8-19(22)10-13/h2-8,10-11,15,20H,9H2,1H3,(H,18,21). The second-order valence-electron chi connectivity index (χ2n) is 5.13. The number of pyridine rings is 1. The molecule has 0 fully saturated rings. The lowest BCUT2D eigenvalue weighted by molar-refractivity contribution is -0.605. The minimum Gasteiger partial charge on any atom is -0.619 e. The van der Waals surface area contributed by atoms with Gasteiger partial charge in [0.2, 0.25) is 0 Å². The van der Waals surface area contributed by atoms with Crippen LogP contribution in [0.15, 0.2) is 48.8 Å². The molecule has 0 spiro atoms. The minimum atomic E-state index is -0.809. The largest absolute Gasteiger partial charge is 0.619 e. The van der Waals surface area contributed by atoms with Gasteiger partial charge in [-0.05, 0) is 37.1 Å². The van der Waals surface area contributed by atoms with E-state index in [2.05, 4.69) is 5.32 Å². The number of nitrogens with zero attached hydrogens (tertiary/aromatic N) is 1. The van der Waals surface area contributed by atoms with Crippen molar-refractivity contribution in [1.29, 1.82) is 0 Å². The molecule has 0 aliphatic rings. The van der Waals surface area contributed by atoms with Crippen LogP contribution in [0.25, 0.3) is 0 Å². The fraction of sp³-hybridized carbons (Fsp3) is 0.250. The van der Waals surface area contributed by atoms with E-state index in [1.54, 1.807) is 6.92 Å². The van der Waals surface area contributed by atoms with Gasteiger partial charge in [-0.3, -0.25) is 4.79 Å². The molecule has 2 aromatic rings. The molecule has 0 bridgehead atoms. The minimum absolute atomic E-state index is 0.251. The monoisotopic (exact) mass is 304 g/mol. The van der Waals surface area contributed by atoms with Gasteiger partial charge in [-0.25, -0.2) is 4.39 Å². The van der Waals surface area contributed by atoms with Crippen molar-refractivity contribution in [2.24, 2.45) is 0 Å². The van der Waals surface area contributed by atoms with Gasteiger partial charge in [0, 0.05) is 12.1 Å². The van der Waals surface area contributed by atoms with Gasteiger partial charge < -0.3 is 15.6 Å². The Morgan fingerprint density at radius 1 is 1.36 bits per heavy atom. The van der Waals surface area contributed by atoms with Crippen LogP contribution in [0.3, 0.4) is 0 Å². The third kappa shape index (κ3) is 4.26. The van der Waals surface area contributed by atoms with E-state index in [9.17, 15) is 19.5 Å². The quantitative estimate of drug-likeness (QED) is 0.652. The Hall–Kier alpha value is -2.47. The molecule has 1 heterocycles. The fourth-order valence-electron chi connectivity index (χ4n) is 2.11. The van der Waals surface area contributed by atoms with Crippen molar-refractivity contribution in [2.75, 3.05) is 0 Å². The van der Waals surface area contributed by atoms with Gasteiger partial charge in [-0.15, -0.1) is 0 Å². The molecule has 2 atom stereocenters. The third-order valence-electron chi connectivity index (χ3n) is 3.25. The Morgan fingerprint density at radius 2 is 2.05 bits per heavy atom. The molecule has 0 aliphatic carbocycles. The zero-order chi connectivity index (χ0) is 16.1. The highest BCUT2D eigenvalue weighted by Crippen LogP contribution is 2.18. The van der Waals surface area contributed by atoms with Crippen LogP contribution in [0.5, 0.6) is 0 Å². The molecule has 0 radical (unpaired) electrons. The number of aromatic nitrogens is 1. The number of carbonyl (C=O) groups excluding carboxylic acids is 1. The molecule has 1 amide bonds. The number of nitrogens with one attached hydrogen (secondary N) is 1. The van der Waals surface area contributed by atoms with E-state index < -0.39 is 6.10 Å². The van der Waals surface area contributed by atoms with Crippen molar-refractivity contribution >= 4 is 5.91 Å². The van der Waals surface area contributed by atoms with Gasteiger partial charge >= 0.3 is 0 Å². The SMILES string of the molecule is CC(CC(O)c1ccc(F)cc1)NC(=O)c1ccc[n+]([O-])c1. The maximum atomic E-state index is 12.8. The smallest absolute Gasteiger partial charge is 0.257 e. The van der Waals surface area contributed by atoms with Crippen molar-refractivity contribution in [3.63, 3.8) is 0 Å². The number of rotatable bonds is 5. The van der Waals surface area contributed by atoms with Crippen LogP contribution >= 0.6 is 0 Å². The number of hydrogen-bond acceptors (Lipinski definition) is 3. The summed E-state index contributed by atoms with van der Waals surface area (Å²) in [4.78, 5) is 12.0. The van der Waals surface area contributed by atoms with Crippen molar-refractivity contribution in [2.45, 2.75) is 25.5 Å². The molecule has 0 saturated carbocycles. The summed E-state index contributed by atoms with van der Waals surface area (Å²) < 4.78 is 13.4. The fourth-order valence-corrected chi connectivity index (χ4v) is 2.11. The van der Waals surface area contributed by atoms with Crippen LogP contribution in [0.4, 0.5) is 4.39 Å². The molecule has 1 aromatic heterocycles. The number of amides is 1. The maximum Gasteiger partial charge on any atom is 0.257 e. The summed E-state index contributed by atoms with van der Waals surface area (Å²) in [6.45, 7) is 1.75. The second kappa shape index (κ2) is 7.00. The van der Waals surface area contributed by atoms with E-state index in [4.69, 9.17) is 0 Å². The van der Waals surface area contributed by atoms with Crippen LogP contribution in [0, 0.1) is 11.0 Å². The van der Waals surface area contributed by atoms with Crippen LogP contribution in [0.2, 0.25) is 0 Å². The highest BCUT2D eigenvalue weighted by atomic mass is 19.1. The predicted octanol–water partition coefficient (Wildman–Crippen LogP) is 1.70. The van der Waals surface area contributed by atoms with Gasteiger partial charge in [-0.2, -0.15) is 4.73 Å². The number of benzene rings is 1. The molecule has 22 heavy (non-hydrogen) atoms. The summed E-state index contributed by atoms with van der Waals surface area (Å²) in [5.41, 5.74) is 0.834. The highest BCUT2D eigenvalue weighted by molar-refractivity contribution is 5.93. The van der Waals surface area contributed by atoms with E-state index in [0.29, 0.717) is 10.3 Å². The molecule has 2 unspecified atom stereocenters. The lowest BCUT2D eigenvalue weighted by Gasteiger charge is -2.18. The number of aliphatic hydroxyl groups is 1. The summed E-state index contributed by atoms with van der Waals surface area (Å²) in [5, 5.41) is 23.9. The first-order chi connectivity index (χ1) is 10.5. The molecule has 2 N–H and O–H groups in total. The van der Waals surface area contributed by atoms with Gasteiger partial charge in [-0.1, -0.05) is 12.1 Å². The average Bonchev–Trinajstić information content (AvgIpc) is 2.47. The number of aliphatic hydroxyl groups excluding tert-OH is 1. The number of carbonyl (C=O) groups is 1. The van der Waals surface area contributed by atoms with Crippen molar-refractivity contribution < 1.29 is 19.0 Å². The van der Waals surface area contributed by atoms with Gasteiger partial charge in [0.15, 0.2) is 12.4 Å². The van der Waals surface area contributed by atoms with Crippen molar-refractivity contribution in [3.8, 4) is 0 Å². The molecule has 1 aromatic carbocycles. The molecule has 0 aliphatic heterocycles. The van der Waals surface area contributed by atoms with Gasteiger partial charge in [0.05, 0.1) is 6.10 Å². The number of halogens is 1. The Balaban J connectivity index is 1.93. The first kappa shape index (κ1) is 15.9. The maximum absolute atomic E-state index is 12.8. The molecule has 116 valence electrons. The van der Waals surface area contributed by atoms with Crippen LogP contribution in [-0.4, -0.2) is 17.1 Å². The van der Waals surface area contributed by atoms with E-state index in [-0.39, 0.29) is 29.8 Å². The molecule has 6 heteroatoms. The predicted molar refractivity (Wildman–Crippen MR) is 78.3 cm³/mol. The summed E-state index contributed by atoms with van der Waals surface area (Å²) in [6.07, 6.45) is 1.94. The Labute approximate surface area is 127 Å². The summed E-state index contributed by atoms with van der Waals surface area (Å²) in [5.74, 6) is -0.753. The lowest BCUT2D eigenvalue weighted by atomic mass is 10.0. The molecular formula is C16H17FN2O3. The zero-order valence-electron chi connectivity index (χ0n) is 12.1. The lowest BCUT2D eigenvalue weighted by Crippen LogP contribution is -2.35. The van der Waals surface area contributed by atoms with Crippen LogP contribution in [-0.2, 0) is 0 Å². The van der Waals surface area contributed by atoms with Gasteiger partial charge in [0.1, 0.15) is 11.4 Å². The second-order valence-corrected chi connectivity index (χ2v) is 5.13.